The Morgan fingerprint density at radius 2 is 1.59 bits per heavy atom. The Morgan fingerprint density at radius 3 is 2.44 bits per heavy atom. The van der Waals surface area contributed by atoms with Gasteiger partial charge in [-0.2, -0.15) is 0 Å². The van der Waals surface area contributed by atoms with Gasteiger partial charge in [-0.15, -0.1) is 0 Å². The van der Waals surface area contributed by atoms with Crippen molar-refractivity contribution in [3.63, 3.8) is 0 Å². The quantitative estimate of drug-likeness (QED) is 0.481. The number of rotatable bonds is 4. The van der Waals surface area contributed by atoms with Crippen LogP contribution in [0.15, 0.2) is 67.0 Å². The molecule has 4 heteroatoms. The Labute approximate surface area is 158 Å². The van der Waals surface area contributed by atoms with E-state index in [0.29, 0.717) is 0 Å². The predicted octanol–water partition coefficient (Wildman–Crippen LogP) is 6.09. The predicted molar refractivity (Wildman–Crippen MR) is 110 cm³/mol. The first kappa shape index (κ1) is 17.0. The lowest BCUT2D eigenvalue weighted by molar-refractivity contribution is 0.479. The molecule has 0 saturated heterocycles. The summed E-state index contributed by atoms with van der Waals surface area (Å²) in [6.45, 7) is 6.23. The number of aromatic nitrogens is 2. The third-order valence-corrected chi connectivity index (χ3v) is 4.67. The van der Waals surface area contributed by atoms with Gasteiger partial charge in [-0.05, 0) is 67.8 Å². The maximum atomic E-state index is 6.04. The van der Waals surface area contributed by atoms with Crippen molar-refractivity contribution in [2.45, 2.75) is 20.8 Å². The molecule has 0 bridgehead atoms. The molecule has 27 heavy (non-hydrogen) atoms. The Kier molecular flexibility index (Phi) is 4.47. The summed E-state index contributed by atoms with van der Waals surface area (Å²) in [6.07, 6.45) is 1.59. The number of hydrogen-bond acceptors (Lipinski definition) is 4. The van der Waals surface area contributed by atoms with Gasteiger partial charge >= 0.3 is 0 Å². The largest absolute Gasteiger partial charge is 0.457 e. The Bertz CT molecular complexity index is 1120. The summed E-state index contributed by atoms with van der Waals surface area (Å²) in [5.41, 5.74) is 5.39. The summed E-state index contributed by atoms with van der Waals surface area (Å²) < 4.78 is 6.04. The number of benzene rings is 3. The highest BCUT2D eigenvalue weighted by Gasteiger charge is 2.07. The summed E-state index contributed by atoms with van der Waals surface area (Å²) in [7, 11) is 0. The van der Waals surface area contributed by atoms with Crippen LogP contribution in [0.3, 0.4) is 0 Å². The van der Waals surface area contributed by atoms with Gasteiger partial charge in [0.25, 0.3) is 0 Å². The summed E-state index contributed by atoms with van der Waals surface area (Å²) >= 11 is 0. The molecule has 1 heterocycles. The number of anilines is 2. The molecule has 0 fully saturated rings. The summed E-state index contributed by atoms with van der Waals surface area (Å²) in [4.78, 5) is 8.83. The van der Waals surface area contributed by atoms with E-state index in [1.165, 1.54) is 11.1 Å². The minimum absolute atomic E-state index is 0.777. The van der Waals surface area contributed by atoms with E-state index in [1.54, 1.807) is 6.33 Å². The van der Waals surface area contributed by atoms with Gasteiger partial charge < -0.3 is 10.1 Å². The first-order valence-corrected chi connectivity index (χ1v) is 8.93. The molecule has 0 saturated carbocycles. The van der Waals surface area contributed by atoms with Gasteiger partial charge in [-0.3, -0.25) is 0 Å². The van der Waals surface area contributed by atoms with Gasteiger partial charge in [-0.1, -0.05) is 24.3 Å². The fourth-order valence-corrected chi connectivity index (χ4v) is 2.99. The third kappa shape index (κ3) is 3.60. The van der Waals surface area contributed by atoms with Crippen LogP contribution in [0.2, 0.25) is 0 Å². The topological polar surface area (TPSA) is 47.0 Å². The van der Waals surface area contributed by atoms with Crippen LogP contribution in [-0.4, -0.2) is 9.97 Å². The zero-order valence-corrected chi connectivity index (χ0v) is 15.7. The van der Waals surface area contributed by atoms with E-state index < -0.39 is 0 Å². The van der Waals surface area contributed by atoms with E-state index in [9.17, 15) is 0 Å². The zero-order chi connectivity index (χ0) is 18.8. The van der Waals surface area contributed by atoms with E-state index in [0.717, 1.165) is 39.5 Å². The molecule has 1 aromatic heterocycles. The van der Waals surface area contributed by atoms with Crippen LogP contribution in [0.5, 0.6) is 11.5 Å². The molecule has 4 rings (SSSR count). The molecule has 134 valence electrons. The highest BCUT2D eigenvalue weighted by molar-refractivity contribution is 5.91. The average molecular weight is 355 g/mol. The lowest BCUT2D eigenvalue weighted by Gasteiger charge is -2.12. The van der Waals surface area contributed by atoms with Crippen molar-refractivity contribution >= 4 is 22.4 Å². The molecule has 0 aliphatic carbocycles. The summed E-state index contributed by atoms with van der Waals surface area (Å²) in [5.74, 6) is 2.42. The molecule has 4 nitrogen and oxygen atoms in total. The van der Waals surface area contributed by atoms with E-state index >= 15 is 0 Å². The maximum absolute atomic E-state index is 6.04. The van der Waals surface area contributed by atoms with Crippen LogP contribution in [-0.2, 0) is 0 Å². The van der Waals surface area contributed by atoms with Crippen LogP contribution in [0, 0.1) is 20.8 Å². The fraction of sp³-hybridized carbons (Fsp3) is 0.130. The molecule has 0 spiro atoms. The van der Waals surface area contributed by atoms with E-state index in [4.69, 9.17) is 4.74 Å². The van der Waals surface area contributed by atoms with Gasteiger partial charge in [0.1, 0.15) is 23.6 Å². The number of aryl methyl sites for hydroxylation is 3. The molecular weight excluding hydrogens is 334 g/mol. The van der Waals surface area contributed by atoms with Crippen molar-refractivity contribution in [2.75, 3.05) is 5.32 Å². The van der Waals surface area contributed by atoms with Crippen LogP contribution in [0.4, 0.5) is 11.5 Å². The number of nitrogens with one attached hydrogen (secondary N) is 1. The van der Waals surface area contributed by atoms with Gasteiger partial charge in [0, 0.05) is 17.1 Å². The van der Waals surface area contributed by atoms with Crippen LogP contribution in [0.25, 0.3) is 10.9 Å². The maximum Gasteiger partial charge on any atom is 0.141 e. The molecule has 0 aliphatic heterocycles. The highest BCUT2D eigenvalue weighted by atomic mass is 16.5. The van der Waals surface area contributed by atoms with Gasteiger partial charge in [0.05, 0.1) is 5.52 Å². The lowest BCUT2D eigenvalue weighted by Crippen LogP contribution is -1.97. The van der Waals surface area contributed by atoms with Crippen LogP contribution >= 0.6 is 0 Å². The smallest absolute Gasteiger partial charge is 0.141 e. The van der Waals surface area contributed by atoms with Gasteiger partial charge in [0.2, 0.25) is 0 Å². The Balaban J connectivity index is 1.65. The van der Waals surface area contributed by atoms with Crippen molar-refractivity contribution in [3.8, 4) is 11.5 Å². The SMILES string of the molecule is Cc1cc2ncnc(Nc3cccc(Oc4ccccc4C)c3)c2cc1C. The van der Waals surface area contributed by atoms with E-state index in [-0.39, 0.29) is 0 Å². The Morgan fingerprint density at radius 1 is 0.778 bits per heavy atom. The molecule has 0 amide bonds. The third-order valence-electron chi connectivity index (χ3n) is 4.67. The van der Waals surface area contributed by atoms with Crippen LogP contribution < -0.4 is 10.1 Å². The molecule has 4 aromatic rings. The minimum Gasteiger partial charge on any atom is -0.457 e. The van der Waals surface area contributed by atoms with Gasteiger partial charge in [-0.25, -0.2) is 9.97 Å². The molecule has 3 aromatic carbocycles. The minimum atomic E-state index is 0.777. The first-order valence-electron chi connectivity index (χ1n) is 8.93. The number of fused-ring (bicyclic) bond motifs is 1. The second kappa shape index (κ2) is 7.08. The van der Waals surface area contributed by atoms with E-state index in [2.05, 4.69) is 41.3 Å². The molecule has 0 atom stereocenters. The Hall–Kier alpha value is -3.40. The lowest BCUT2D eigenvalue weighted by atomic mass is 10.1. The van der Waals surface area contributed by atoms with Crippen LogP contribution in [0.1, 0.15) is 16.7 Å². The average Bonchev–Trinajstić information content (AvgIpc) is 2.66. The van der Waals surface area contributed by atoms with Crippen molar-refractivity contribution in [2.24, 2.45) is 0 Å². The molecular formula is C23H21N3O. The first-order chi connectivity index (χ1) is 13.1. The van der Waals surface area contributed by atoms with Crippen molar-refractivity contribution in [3.05, 3.63) is 83.7 Å². The van der Waals surface area contributed by atoms with Crippen molar-refractivity contribution in [1.82, 2.24) is 9.97 Å². The number of nitrogens with zero attached hydrogens (tertiary/aromatic N) is 2. The monoisotopic (exact) mass is 355 g/mol. The molecule has 0 aliphatic rings. The van der Waals surface area contributed by atoms with Gasteiger partial charge in [0.15, 0.2) is 0 Å². The molecule has 0 radical (unpaired) electrons. The second-order valence-electron chi connectivity index (χ2n) is 6.70. The normalized spacial score (nSPS) is 10.8. The van der Waals surface area contributed by atoms with Crippen molar-refractivity contribution < 1.29 is 4.74 Å². The summed E-state index contributed by atoms with van der Waals surface area (Å²) in [5, 5.41) is 4.41. The number of para-hydroxylation sites is 1. The van der Waals surface area contributed by atoms with Crippen molar-refractivity contribution in [1.29, 1.82) is 0 Å². The fourth-order valence-electron chi connectivity index (χ4n) is 2.99. The standard InChI is InChI=1S/C23H21N3O/c1-15-7-4-5-10-22(15)27-19-9-6-8-18(13-19)26-23-20-11-16(2)17(3)12-21(20)24-14-25-23/h4-14H,1-3H3,(H,24,25,26). The number of ether oxygens (including phenoxy) is 1. The zero-order valence-electron chi connectivity index (χ0n) is 15.7. The molecule has 1 N–H and O–H groups in total. The second-order valence-corrected chi connectivity index (χ2v) is 6.70. The van der Waals surface area contributed by atoms with E-state index in [1.807, 2.05) is 55.5 Å². The summed E-state index contributed by atoms with van der Waals surface area (Å²) in [6, 6.07) is 20.1. The molecule has 0 unspecified atom stereocenters. The number of hydrogen-bond donors (Lipinski definition) is 1. The highest BCUT2D eigenvalue weighted by Crippen LogP contribution is 2.29.